The van der Waals surface area contributed by atoms with E-state index in [1.165, 1.54) is 29.5 Å². The van der Waals surface area contributed by atoms with Crippen LogP contribution in [0.5, 0.6) is 11.5 Å². The van der Waals surface area contributed by atoms with Gasteiger partial charge in [-0.15, -0.1) is 0 Å². The number of hydrogen-bond donors (Lipinski definition) is 1. The third kappa shape index (κ3) is 3.41. The zero-order chi connectivity index (χ0) is 17.9. The summed E-state index contributed by atoms with van der Waals surface area (Å²) in [5, 5.41) is 3.05. The zero-order valence-corrected chi connectivity index (χ0v) is 14.3. The number of nitrogens with zero attached hydrogens (tertiary/aromatic N) is 1. The summed E-state index contributed by atoms with van der Waals surface area (Å²) < 4.78 is 20.4. The predicted molar refractivity (Wildman–Crippen MR) is 100 cm³/mol. The second-order valence-corrected chi connectivity index (χ2v) is 6.53. The van der Waals surface area contributed by atoms with Crippen LogP contribution in [-0.4, -0.2) is 10.9 Å². The first-order valence-corrected chi connectivity index (χ1v) is 8.70. The number of thiazole rings is 1. The Morgan fingerprint density at radius 2 is 1.73 bits per heavy atom. The van der Waals surface area contributed by atoms with Crippen molar-refractivity contribution < 1.29 is 13.9 Å². The first kappa shape index (κ1) is 16.2. The molecule has 4 nitrogen and oxygen atoms in total. The third-order valence-corrected chi connectivity index (χ3v) is 4.61. The van der Waals surface area contributed by atoms with E-state index in [0.717, 1.165) is 16.0 Å². The second-order valence-electron chi connectivity index (χ2n) is 5.50. The Morgan fingerprint density at radius 3 is 2.54 bits per heavy atom. The number of halogens is 1. The van der Waals surface area contributed by atoms with Gasteiger partial charge in [0.2, 0.25) is 0 Å². The molecule has 0 saturated carbocycles. The van der Waals surface area contributed by atoms with E-state index in [9.17, 15) is 9.18 Å². The van der Waals surface area contributed by atoms with E-state index in [2.05, 4.69) is 10.3 Å². The van der Waals surface area contributed by atoms with E-state index in [-0.39, 0.29) is 5.56 Å². The van der Waals surface area contributed by atoms with Crippen molar-refractivity contribution in [3.63, 3.8) is 0 Å². The van der Waals surface area contributed by atoms with Crippen molar-refractivity contribution >= 4 is 32.6 Å². The van der Waals surface area contributed by atoms with Gasteiger partial charge in [0, 0.05) is 6.07 Å². The van der Waals surface area contributed by atoms with Crippen molar-refractivity contribution in [2.45, 2.75) is 0 Å². The zero-order valence-electron chi connectivity index (χ0n) is 13.5. The highest BCUT2D eigenvalue weighted by Crippen LogP contribution is 2.31. The van der Waals surface area contributed by atoms with Crippen LogP contribution in [0.4, 0.5) is 9.52 Å². The molecule has 0 fully saturated rings. The highest BCUT2D eigenvalue weighted by atomic mass is 32.1. The number of amides is 1. The number of fused-ring (bicyclic) bond motifs is 1. The molecule has 128 valence electrons. The Balaban J connectivity index is 1.56. The van der Waals surface area contributed by atoms with Gasteiger partial charge in [0.05, 0.1) is 15.8 Å². The Bertz CT molecular complexity index is 1080. The van der Waals surface area contributed by atoms with Crippen LogP contribution < -0.4 is 10.1 Å². The summed E-state index contributed by atoms with van der Waals surface area (Å²) in [5.41, 5.74) is 0.721. The molecule has 1 heterocycles. The van der Waals surface area contributed by atoms with Crippen LogP contribution >= 0.6 is 11.3 Å². The van der Waals surface area contributed by atoms with Gasteiger partial charge in [-0.2, -0.15) is 0 Å². The van der Waals surface area contributed by atoms with Crippen molar-refractivity contribution in [1.82, 2.24) is 4.98 Å². The summed E-state index contributed by atoms with van der Waals surface area (Å²) in [6.07, 6.45) is 0. The Labute approximate surface area is 152 Å². The monoisotopic (exact) mass is 364 g/mol. The molecule has 3 aromatic carbocycles. The van der Waals surface area contributed by atoms with Crippen molar-refractivity contribution in [2.75, 3.05) is 5.32 Å². The number of carbonyl (C=O) groups excluding carboxylic acids is 1. The lowest BCUT2D eigenvalue weighted by Crippen LogP contribution is -2.13. The first-order valence-electron chi connectivity index (χ1n) is 7.88. The molecular formula is C20H13FN2O2S. The number of rotatable bonds is 4. The third-order valence-electron chi connectivity index (χ3n) is 3.68. The first-order chi connectivity index (χ1) is 12.7. The van der Waals surface area contributed by atoms with Crippen LogP contribution in [0.3, 0.4) is 0 Å². The minimum Gasteiger partial charge on any atom is -0.457 e. The maximum Gasteiger partial charge on any atom is 0.260 e. The number of benzene rings is 3. The molecule has 4 rings (SSSR count). The summed E-state index contributed by atoms with van der Waals surface area (Å²) in [4.78, 5) is 16.6. The Hall–Kier alpha value is -3.25. The highest BCUT2D eigenvalue weighted by Gasteiger charge is 2.13. The van der Waals surface area contributed by atoms with Gasteiger partial charge < -0.3 is 4.74 Å². The van der Waals surface area contributed by atoms with Crippen LogP contribution in [0.1, 0.15) is 10.4 Å². The normalized spacial score (nSPS) is 10.7. The predicted octanol–water partition coefficient (Wildman–Crippen LogP) is 5.48. The van der Waals surface area contributed by atoms with E-state index >= 15 is 0 Å². The fraction of sp³-hybridized carbons (Fsp3) is 0. The SMILES string of the molecule is O=C(Nc1nc2ccc(Oc3ccccc3)cc2s1)c1ccccc1F. The minimum absolute atomic E-state index is 0.0140. The standard InChI is InChI=1S/C20H13FN2O2S/c21-16-9-5-4-8-15(16)19(24)23-20-22-17-11-10-14(12-18(17)26-20)25-13-6-2-1-3-7-13/h1-12H,(H,22,23,24). The van der Waals surface area contributed by atoms with Crippen molar-refractivity contribution in [1.29, 1.82) is 0 Å². The number of aromatic nitrogens is 1. The van der Waals surface area contributed by atoms with E-state index < -0.39 is 11.7 Å². The van der Waals surface area contributed by atoms with Crippen molar-refractivity contribution in [2.24, 2.45) is 0 Å². The summed E-state index contributed by atoms with van der Waals surface area (Å²) in [6.45, 7) is 0. The average molecular weight is 364 g/mol. The summed E-state index contributed by atoms with van der Waals surface area (Å²) >= 11 is 1.31. The van der Waals surface area contributed by atoms with E-state index in [0.29, 0.717) is 10.9 Å². The number of anilines is 1. The van der Waals surface area contributed by atoms with E-state index in [1.807, 2.05) is 48.5 Å². The van der Waals surface area contributed by atoms with Gasteiger partial charge in [-0.25, -0.2) is 9.37 Å². The summed E-state index contributed by atoms with van der Waals surface area (Å²) in [5.74, 6) is 0.330. The lowest BCUT2D eigenvalue weighted by molar-refractivity contribution is 0.102. The van der Waals surface area contributed by atoms with Crippen molar-refractivity contribution in [3.8, 4) is 11.5 Å². The molecule has 0 aliphatic heterocycles. The molecule has 0 aliphatic carbocycles. The molecule has 1 N–H and O–H groups in total. The van der Waals surface area contributed by atoms with Gasteiger partial charge in [0.15, 0.2) is 5.13 Å². The average Bonchev–Trinajstić information content (AvgIpc) is 3.04. The van der Waals surface area contributed by atoms with Gasteiger partial charge in [-0.05, 0) is 36.4 Å². The number of carbonyl (C=O) groups is 1. The van der Waals surface area contributed by atoms with Crippen molar-refractivity contribution in [3.05, 3.63) is 84.2 Å². The van der Waals surface area contributed by atoms with Crippen LogP contribution in [0.15, 0.2) is 72.8 Å². The fourth-order valence-electron chi connectivity index (χ4n) is 2.46. The van der Waals surface area contributed by atoms with Gasteiger partial charge in [0.1, 0.15) is 17.3 Å². The number of ether oxygens (including phenoxy) is 1. The van der Waals surface area contributed by atoms with Gasteiger partial charge in [-0.1, -0.05) is 41.7 Å². The lowest BCUT2D eigenvalue weighted by Gasteiger charge is -2.04. The Morgan fingerprint density at radius 1 is 0.962 bits per heavy atom. The van der Waals surface area contributed by atoms with Gasteiger partial charge in [0.25, 0.3) is 5.91 Å². The molecule has 4 aromatic rings. The van der Waals surface area contributed by atoms with Gasteiger partial charge in [-0.3, -0.25) is 10.1 Å². The van der Waals surface area contributed by atoms with Crippen LogP contribution in [0, 0.1) is 5.82 Å². The van der Waals surface area contributed by atoms with Gasteiger partial charge >= 0.3 is 0 Å². The smallest absolute Gasteiger partial charge is 0.260 e. The maximum absolute atomic E-state index is 13.7. The highest BCUT2D eigenvalue weighted by molar-refractivity contribution is 7.22. The lowest BCUT2D eigenvalue weighted by atomic mass is 10.2. The molecular weight excluding hydrogens is 351 g/mol. The number of nitrogens with one attached hydrogen (secondary N) is 1. The molecule has 1 aromatic heterocycles. The number of hydrogen-bond acceptors (Lipinski definition) is 4. The molecule has 1 amide bonds. The number of para-hydroxylation sites is 1. The second kappa shape index (κ2) is 6.93. The minimum atomic E-state index is -0.565. The van der Waals surface area contributed by atoms with E-state index in [4.69, 9.17) is 4.74 Å². The largest absolute Gasteiger partial charge is 0.457 e. The topological polar surface area (TPSA) is 51.2 Å². The molecule has 0 unspecified atom stereocenters. The molecule has 0 bridgehead atoms. The van der Waals surface area contributed by atoms with Crippen LogP contribution in [-0.2, 0) is 0 Å². The fourth-order valence-corrected chi connectivity index (χ4v) is 3.35. The Kier molecular flexibility index (Phi) is 4.33. The summed E-state index contributed by atoms with van der Waals surface area (Å²) in [7, 11) is 0. The molecule has 6 heteroatoms. The van der Waals surface area contributed by atoms with Crippen LogP contribution in [0.25, 0.3) is 10.2 Å². The van der Waals surface area contributed by atoms with E-state index in [1.54, 1.807) is 6.07 Å². The molecule has 0 saturated heterocycles. The molecule has 0 spiro atoms. The maximum atomic E-state index is 13.7. The quantitative estimate of drug-likeness (QED) is 0.522. The molecule has 26 heavy (non-hydrogen) atoms. The van der Waals surface area contributed by atoms with Crippen LogP contribution in [0.2, 0.25) is 0 Å². The molecule has 0 atom stereocenters. The summed E-state index contributed by atoms with van der Waals surface area (Å²) in [6, 6.07) is 20.8. The molecule has 0 aliphatic rings. The molecule has 0 radical (unpaired) electrons.